The van der Waals surface area contributed by atoms with Gasteiger partial charge in [-0.1, -0.05) is 86.6 Å². The van der Waals surface area contributed by atoms with Crippen LogP contribution in [-0.2, 0) is 32.2 Å². The van der Waals surface area contributed by atoms with Gasteiger partial charge in [-0.15, -0.1) is 0 Å². The maximum Gasteiger partial charge on any atom is 0.407 e. The lowest BCUT2D eigenvalue weighted by Crippen LogP contribution is -2.43. The first kappa shape index (κ1) is 38.8. The van der Waals surface area contributed by atoms with E-state index in [2.05, 4.69) is 78.9 Å². The number of nitrogens with one attached hydrogen (secondary N) is 4. The van der Waals surface area contributed by atoms with Crippen LogP contribution in [0.5, 0.6) is 0 Å². The van der Waals surface area contributed by atoms with Crippen LogP contribution < -0.4 is 10.6 Å². The summed E-state index contributed by atoms with van der Waals surface area (Å²) >= 11 is 0. The number of hydrogen-bond donors (Lipinski definition) is 4. The van der Waals surface area contributed by atoms with E-state index in [1.54, 1.807) is 16.0 Å². The van der Waals surface area contributed by atoms with Gasteiger partial charge in [0.25, 0.3) is 0 Å². The molecular formula is C44H48N8O5. The van der Waals surface area contributed by atoms with E-state index in [0.29, 0.717) is 31.3 Å². The van der Waals surface area contributed by atoms with Crippen LogP contribution in [-0.4, -0.2) is 80.3 Å². The lowest BCUT2D eigenvalue weighted by atomic mass is 9.99. The number of imidazole rings is 2. The predicted molar refractivity (Wildman–Crippen MR) is 218 cm³/mol. The molecule has 1 fully saturated rings. The number of aromatic nitrogens is 4. The van der Waals surface area contributed by atoms with Crippen molar-refractivity contribution in [2.45, 2.75) is 58.7 Å². The van der Waals surface area contributed by atoms with Gasteiger partial charge in [-0.3, -0.25) is 14.4 Å². The van der Waals surface area contributed by atoms with E-state index >= 15 is 0 Å². The zero-order chi connectivity index (χ0) is 39.9. The summed E-state index contributed by atoms with van der Waals surface area (Å²) in [6, 6.07) is 27.3. The lowest BCUT2D eigenvalue weighted by molar-refractivity contribution is -0.137. The van der Waals surface area contributed by atoms with Gasteiger partial charge < -0.3 is 35.1 Å². The highest BCUT2D eigenvalue weighted by Crippen LogP contribution is 2.32. The van der Waals surface area contributed by atoms with Crippen molar-refractivity contribution >= 4 is 45.6 Å². The Bertz CT molecular complexity index is 2370. The fourth-order valence-electron chi connectivity index (χ4n) is 7.05. The fraction of sp³-hybridized carbons (Fsp3) is 0.318. The SMILES string of the molecule is CCCN(Cc1nc2c(ccc3cc(-c4ccc(-c5cnc(CN(CCC)C(=O)[C@H](NC(=O)C6CC6)c6ccccc6)[nH]5)cc4)ccc32)[nH]1)C(=O)CNC(=O)OC. The zero-order valence-corrected chi connectivity index (χ0v) is 32.5. The first-order chi connectivity index (χ1) is 27.7. The average Bonchev–Trinajstić information content (AvgIpc) is 3.85. The number of nitrogens with zero attached hydrogens (tertiary/aromatic N) is 4. The molecule has 7 rings (SSSR count). The number of rotatable bonds is 16. The third-order valence-corrected chi connectivity index (χ3v) is 10.2. The van der Waals surface area contributed by atoms with Crippen molar-refractivity contribution in [3.63, 3.8) is 0 Å². The van der Waals surface area contributed by atoms with Gasteiger partial charge in [0.15, 0.2) is 0 Å². The van der Waals surface area contributed by atoms with Crippen molar-refractivity contribution in [2.75, 3.05) is 26.7 Å². The Morgan fingerprint density at radius 1 is 0.825 bits per heavy atom. The highest BCUT2D eigenvalue weighted by atomic mass is 16.5. The van der Waals surface area contributed by atoms with Crippen molar-refractivity contribution < 1.29 is 23.9 Å². The summed E-state index contributed by atoms with van der Waals surface area (Å²) in [7, 11) is 1.26. The number of carbonyl (C=O) groups excluding carboxylic acids is 4. The van der Waals surface area contributed by atoms with E-state index in [1.165, 1.54) is 7.11 Å². The van der Waals surface area contributed by atoms with Gasteiger partial charge in [0.2, 0.25) is 17.7 Å². The first-order valence-corrected chi connectivity index (χ1v) is 19.5. The lowest BCUT2D eigenvalue weighted by Gasteiger charge is -2.27. The van der Waals surface area contributed by atoms with Crippen molar-refractivity contribution in [3.05, 3.63) is 108 Å². The Morgan fingerprint density at radius 3 is 2.25 bits per heavy atom. The molecule has 0 bridgehead atoms. The molecule has 1 saturated carbocycles. The fourth-order valence-corrected chi connectivity index (χ4v) is 7.05. The molecule has 57 heavy (non-hydrogen) atoms. The zero-order valence-electron chi connectivity index (χ0n) is 32.5. The average molecular weight is 769 g/mol. The number of carbonyl (C=O) groups is 4. The van der Waals surface area contributed by atoms with Crippen LogP contribution in [0.2, 0.25) is 0 Å². The number of alkyl carbamates (subject to hydrolysis) is 1. The number of methoxy groups -OCH3 is 1. The molecule has 0 radical (unpaired) electrons. The summed E-state index contributed by atoms with van der Waals surface area (Å²) < 4.78 is 4.59. The van der Waals surface area contributed by atoms with Gasteiger partial charge in [0.05, 0.1) is 43.1 Å². The second kappa shape index (κ2) is 17.5. The normalized spacial score (nSPS) is 13.0. The van der Waals surface area contributed by atoms with Gasteiger partial charge in [-0.25, -0.2) is 14.8 Å². The summed E-state index contributed by atoms with van der Waals surface area (Å²) in [5.41, 5.74) is 6.39. The van der Waals surface area contributed by atoms with E-state index in [1.807, 2.05) is 50.2 Å². The molecule has 0 unspecified atom stereocenters. The Morgan fingerprint density at radius 2 is 1.53 bits per heavy atom. The Balaban J connectivity index is 1.04. The van der Waals surface area contributed by atoms with Crippen LogP contribution in [0, 0.1) is 5.92 Å². The molecule has 6 aromatic rings. The van der Waals surface area contributed by atoms with Crippen LogP contribution in [0.1, 0.15) is 62.8 Å². The molecule has 4 amide bonds. The minimum Gasteiger partial charge on any atom is -0.453 e. The number of ether oxygens (including phenoxy) is 1. The number of hydrogen-bond acceptors (Lipinski definition) is 7. The van der Waals surface area contributed by atoms with Gasteiger partial charge in [0.1, 0.15) is 24.2 Å². The molecule has 0 spiro atoms. The molecule has 294 valence electrons. The van der Waals surface area contributed by atoms with E-state index in [0.717, 1.165) is 75.4 Å². The van der Waals surface area contributed by atoms with E-state index in [-0.39, 0.29) is 36.7 Å². The second-order valence-corrected chi connectivity index (χ2v) is 14.4. The van der Waals surface area contributed by atoms with Crippen LogP contribution >= 0.6 is 0 Å². The van der Waals surface area contributed by atoms with Gasteiger partial charge in [0, 0.05) is 24.4 Å². The Labute approximate surface area is 331 Å². The van der Waals surface area contributed by atoms with Crippen LogP contribution in [0.3, 0.4) is 0 Å². The van der Waals surface area contributed by atoms with E-state index < -0.39 is 12.1 Å². The second-order valence-electron chi connectivity index (χ2n) is 14.4. The maximum absolute atomic E-state index is 14.0. The number of fused-ring (bicyclic) bond motifs is 3. The molecule has 1 aliphatic rings. The predicted octanol–water partition coefficient (Wildman–Crippen LogP) is 6.87. The molecule has 2 heterocycles. The molecule has 1 atom stereocenters. The van der Waals surface area contributed by atoms with Crippen molar-refractivity contribution in [3.8, 4) is 22.4 Å². The molecule has 13 nitrogen and oxygen atoms in total. The molecule has 13 heteroatoms. The van der Waals surface area contributed by atoms with Crippen molar-refractivity contribution in [1.29, 1.82) is 0 Å². The van der Waals surface area contributed by atoms with Crippen LogP contribution in [0.15, 0.2) is 91.1 Å². The minimum absolute atomic E-state index is 0.00971. The summed E-state index contributed by atoms with van der Waals surface area (Å²) in [5, 5.41) is 7.51. The summed E-state index contributed by atoms with van der Waals surface area (Å²) in [4.78, 5) is 70.8. The summed E-state index contributed by atoms with van der Waals surface area (Å²) in [6.07, 6.45) is 4.39. The van der Waals surface area contributed by atoms with Crippen molar-refractivity contribution in [2.24, 2.45) is 5.92 Å². The number of benzene rings is 4. The molecule has 1 aliphatic carbocycles. The third-order valence-electron chi connectivity index (χ3n) is 10.2. The molecule has 4 N–H and O–H groups in total. The third kappa shape index (κ3) is 9.15. The molecule has 2 aromatic heterocycles. The largest absolute Gasteiger partial charge is 0.453 e. The van der Waals surface area contributed by atoms with Gasteiger partial charge in [-0.05, 0) is 65.5 Å². The smallest absolute Gasteiger partial charge is 0.407 e. The van der Waals surface area contributed by atoms with Gasteiger partial charge >= 0.3 is 6.09 Å². The monoisotopic (exact) mass is 768 g/mol. The number of H-pyrrole nitrogens is 2. The Hall–Kier alpha value is -6.50. The van der Waals surface area contributed by atoms with E-state index in [9.17, 15) is 19.2 Å². The van der Waals surface area contributed by atoms with Gasteiger partial charge in [-0.2, -0.15) is 0 Å². The quantitative estimate of drug-likeness (QED) is 0.0834. The number of aromatic amines is 2. The van der Waals surface area contributed by atoms with E-state index in [4.69, 9.17) is 4.98 Å². The Kier molecular flexibility index (Phi) is 11.9. The number of amides is 4. The maximum atomic E-state index is 14.0. The van der Waals surface area contributed by atoms with Crippen LogP contribution in [0.25, 0.3) is 44.2 Å². The molecular weight excluding hydrogens is 721 g/mol. The highest BCUT2D eigenvalue weighted by molar-refractivity contribution is 6.05. The van der Waals surface area contributed by atoms with Crippen molar-refractivity contribution in [1.82, 2.24) is 40.4 Å². The highest BCUT2D eigenvalue weighted by Gasteiger charge is 2.34. The molecule has 0 saturated heterocycles. The molecule has 4 aromatic carbocycles. The van der Waals surface area contributed by atoms with Crippen LogP contribution in [0.4, 0.5) is 4.79 Å². The first-order valence-electron chi connectivity index (χ1n) is 19.5. The summed E-state index contributed by atoms with van der Waals surface area (Å²) in [5.74, 6) is 0.881. The standard InChI is InChI=1S/C44H48N8O5/c1-4-21-51(39(53)25-46-44(56)57-3)27-38-47-35-20-18-33-23-32(17-19-34(33)41(35)49-38)28-11-13-29(14-12-28)36-24-45-37(48-36)26-52(22-5-2)43(55)40(30-9-7-6-8-10-30)50-42(54)31-15-16-31/h6-14,17-20,23-24,31,40H,4-5,15-16,21-22,25-27H2,1-3H3,(H,45,48)(H,46,56)(H,47,49)(H,50,54)/t40-/m1/s1. The minimum atomic E-state index is -0.756. The summed E-state index contributed by atoms with van der Waals surface area (Å²) in [6.45, 7) is 5.51. The topological polar surface area (TPSA) is 165 Å². The molecule has 0 aliphatic heterocycles.